The molecule has 0 heterocycles. The Balaban J connectivity index is 2.02. The van der Waals surface area contributed by atoms with E-state index in [0.29, 0.717) is 27.1 Å². The zero-order valence-corrected chi connectivity index (χ0v) is 22.3. The normalized spacial score (nSPS) is 12.2. The lowest BCUT2D eigenvalue weighted by molar-refractivity contribution is -0.141. The van der Waals surface area contributed by atoms with Gasteiger partial charge in [-0.25, -0.2) is 0 Å². The molecule has 4 nitrogen and oxygen atoms in total. The number of rotatable bonds is 8. The number of hydrogen-bond acceptors (Lipinski definition) is 2. The van der Waals surface area contributed by atoms with Crippen molar-refractivity contribution in [3.05, 3.63) is 105 Å². The van der Waals surface area contributed by atoms with E-state index >= 15 is 0 Å². The first-order valence-electron chi connectivity index (χ1n) is 11.4. The van der Waals surface area contributed by atoms with Gasteiger partial charge >= 0.3 is 0 Å². The number of carbonyl (C=O) groups excluding carboxylic acids is 2. The molecule has 3 aromatic rings. The summed E-state index contributed by atoms with van der Waals surface area (Å²) in [6, 6.07) is 21.2. The Bertz CT molecular complexity index is 1180. The molecule has 0 saturated carbocycles. The highest BCUT2D eigenvalue weighted by atomic mass is 35.5. The van der Waals surface area contributed by atoms with Gasteiger partial charge in [0.2, 0.25) is 11.8 Å². The van der Waals surface area contributed by atoms with Gasteiger partial charge in [0.05, 0.1) is 6.42 Å². The molecule has 3 rings (SSSR count). The molecule has 0 aliphatic carbocycles. The lowest BCUT2D eigenvalue weighted by Crippen LogP contribution is -2.54. The Morgan fingerprint density at radius 2 is 1.51 bits per heavy atom. The van der Waals surface area contributed by atoms with Gasteiger partial charge < -0.3 is 10.2 Å². The van der Waals surface area contributed by atoms with E-state index in [1.807, 2.05) is 57.2 Å². The van der Waals surface area contributed by atoms with Crippen LogP contribution in [0, 0.1) is 0 Å². The van der Waals surface area contributed by atoms with Gasteiger partial charge in [0.1, 0.15) is 6.04 Å². The summed E-state index contributed by atoms with van der Waals surface area (Å²) < 4.78 is 0. The molecule has 0 spiro atoms. The van der Waals surface area contributed by atoms with Gasteiger partial charge in [-0.05, 0) is 61.7 Å². The molecule has 184 valence electrons. The number of hydrogen-bond donors (Lipinski definition) is 1. The molecule has 1 unspecified atom stereocenters. The topological polar surface area (TPSA) is 49.4 Å². The summed E-state index contributed by atoms with van der Waals surface area (Å²) >= 11 is 18.7. The van der Waals surface area contributed by atoms with Crippen LogP contribution in [0.1, 0.15) is 37.5 Å². The van der Waals surface area contributed by atoms with E-state index in [-0.39, 0.29) is 24.8 Å². The number of amides is 2. The Labute approximate surface area is 222 Å². The van der Waals surface area contributed by atoms with Crippen LogP contribution in [0.25, 0.3) is 0 Å². The maximum atomic E-state index is 13.7. The third-order valence-electron chi connectivity index (χ3n) is 5.37. The molecule has 7 heteroatoms. The molecular formula is C28H29Cl3N2O2. The molecule has 0 saturated heterocycles. The molecule has 1 atom stereocenters. The second-order valence-corrected chi connectivity index (χ2v) is 10.8. The zero-order valence-electron chi connectivity index (χ0n) is 20.0. The largest absolute Gasteiger partial charge is 0.350 e. The average Bonchev–Trinajstić information content (AvgIpc) is 2.77. The Morgan fingerprint density at radius 3 is 2.14 bits per heavy atom. The van der Waals surface area contributed by atoms with E-state index in [4.69, 9.17) is 34.8 Å². The van der Waals surface area contributed by atoms with Crippen LogP contribution in [-0.2, 0) is 29.0 Å². The number of benzene rings is 3. The summed E-state index contributed by atoms with van der Waals surface area (Å²) in [4.78, 5) is 28.9. The zero-order chi connectivity index (χ0) is 25.6. The van der Waals surface area contributed by atoms with Crippen LogP contribution in [-0.4, -0.2) is 28.3 Å². The fourth-order valence-electron chi connectivity index (χ4n) is 3.76. The van der Waals surface area contributed by atoms with E-state index in [9.17, 15) is 9.59 Å². The summed E-state index contributed by atoms with van der Waals surface area (Å²) in [5.41, 5.74) is 1.96. The van der Waals surface area contributed by atoms with Crippen LogP contribution >= 0.6 is 34.8 Å². The smallest absolute Gasteiger partial charge is 0.243 e. The maximum absolute atomic E-state index is 13.7. The second-order valence-electron chi connectivity index (χ2n) is 9.51. The SMILES string of the molecule is CC(C)(C)NC(=O)C(Cc1ccccc1)N(Cc1ccc(Cl)cc1Cl)C(=O)Cc1cccc(Cl)c1. The quantitative estimate of drug-likeness (QED) is 0.350. The minimum Gasteiger partial charge on any atom is -0.350 e. The number of nitrogens with zero attached hydrogens (tertiary/aromatic N) is 1. The highest BCUT2D eigenvalue weighted by Gasteiger charge is 2.32. The second kappa shape index (κ2) is 11.9. The van der Waals surface area contributed by atoms with E-state index in [0.717, 1.165) is 11.1 Å². The first kappa shape index (κ1) is 27.1. The Hall–Kier alpha value is -2.53. The van der Waals surface area contributed by atoms with Crippen molar-refractivity contribution in [2.75, 3.05) is 0 Å². The molecule has 0 aliphatic heterocycles. The van der Waals surface area contributed by atoms with E-state index in [2.05, 4.69) is 5.32 Å². The van der Waals surface area contributed by atoms with Crippen molar-refractivity contribution in [1.82, 2.24) is 10.2 Å². The van der Waals surface area contributed by atoms with E-state index < -0.39 is 11.6 Å². The highest BCUT2D eigenvalue weighted by molar-refractivity contribution is 6.35. The van der Waals surface area contributed by atoms with Crippen molar-refractivity contribution in [1.29, 1.82) is 0 Å². The Morgan fingerprint density at radius 1 is 0.857 bits per heavy atom. The van der Waals surface area contributed by atoms with Crippen molar-refractivity contribution in [3.63, 3.8) is 0 Å². The summed E-state index contributed by atoms with van der Waals surface area (Å²) in [5, 5.41) is 4.54. The highest BCUT2D eigenvalue weighted by Crippen LogP contribution is 2.25. The molecule has 0 bridgehead atoms. The Kier molecular flexibility index (Phi) is 9.23. The molecule has 35 heavy (non-hydrogen) atoms. The van der Waals surface area contributed by atoms with Gasteiger partial charge in [-0.3, -0.25) is 9.59 Å². The predicted octanol–water partition coefficient (Wildman–Crippen LogP) is 6.74. The molecule has 0 radical (unpaired) electrons. The fourth-order valence-corrected chi connectivity index (χ4v) is 4.44. The summed E-state index contributed by atoms with van der Waals surface area (Å²) in [6.07, 6.45) is 0.453. The van der Waals surface area contributed by atoms with Crippen molar-refractivity contribution in [2.45, 2.75) is 51.7 Å². The lowest BCUT2D eigenvalue weighted by atomic mass is 10.00. The van der Waals surface area contributed by atoms with Gasteiger partial charge in [-0.15, -0.1) is 0 Å². The molecule has 1 N–H and O–H groups in total. The summed E-state index contributed by atoms with van der Waals surface area (Å²) in [5.74, 6) is -0.436. The number of halogens is 3. The number of carbonyl (C=O) groups is 2. The maximum Gasteiger partial charge on any atom is 0.243 e. The lowest BCUT2D eigenvalue weighted by Gasteiger charge is -2.34. The standard InChI is InChI=1S/C28H29Cl3N2O2/c1-28(2,3)32-27(35)25(15-19-8-5-4-6-9-19)33(18-21-12-13-23(30)17-24(21)31)26(34)16-20-10-7-11-22(29)14-20/h4-14,17,25H,15-16,18H2,1-3H3,(H,32,35). The predicted molar refractivity (Wildman–Crippen MR) is 144 cm³/mol. The minimum atomic E-state index is -0.755. The monoisotopic (exact) mass is 530 g/mol. The third kappa shape index (κ3) is 8.28. The average molecular weight is 532 g/mol. The van der Waals surface area contributed by atoms with Crippen LogP contribution in [0.2, 0.25) is 15.1 Å². The molecule has 0 fully saturated rings. The van der Waals surface area contributed by atoms with Gasteiger partial charge in [0.25, 0.3) is 0 Å². The van der Waals surface area contributed by atoms with Crippen molar-refractivity contribution in [3.8, 4) is 0 Å². The first-order valence-corrected chi connectivity index (χ1v) is 12.5. The van der Waals surface area contributed by atoms with Gasteiger partial charge in [-0.2, -0.15) is 0 Å². The number of nitrogens with one attached hydrogen (secondary N) is 1. The van der Waals surface area contributed by atoms with Crippen molar-refractivity contribution in [2.24, 2.45) is 0 Å². The van der Waals surface area contributed by atoms with Crippen molar-refractivity contribution >= 4 is 46.6 Å². The van der Waals surface area contributed by atoms with Crippen LogP contribution in [0.3, 0.4) is 0 Å². The fraction of sp³-hybridized carbons (Fsp3) is 0.286. The van der Waals surface area contributed by atoms with Gasteiger partial charge in [0.15, 0.2) is 0 Å². The molecule has 0 aromatic heterocycles. The molecule has 2 amide bonds. The molecule has 3 aromatic carbocycles. The summed E-state index contributed by atoms with van der Waals surface area (Å²) in [6.45, 7) is 5.90. The van der Waals surface area contributed by atoms with E-state index in [1.54, 1.807) is 41.3 Å². The van der Waals surface area contributed by atoms with Gasteiger partial charge in [-0.1, -0.05) is 83.3 Å². The minimum absolute atomic E-state index is 0.0971. The van der Waals surface area contributed by atoms with Crippen LogP contribution in [0.5, 0.6) is 0 Å². The van der Waals surface area contributed by atoms with Crippen LogP contribution in [0.4, 0.5) is 0 Å². The summed E-state index contributed by atoms with van der Waals surface area (Å²) in [7, 11) is 0. The first-order chi connectivity index (χ1) is 16.5. The molecular weight excluding hydrogens is 503 g/mol. The van der Waals surface area contributed by atoms with Gasteiger partial charge in [0, 0.05) is 33.6 Å². The molecule has 0 aliphatic rings. The van der Waals surface area contributed by atoms with Crippen LogP contribution in [0.15, 0.2) is 72.8 Å². The third-order valence-corrected chi connectivity index (χ3v) is 6.19. The van der Waals surface area contributed by atoms with Crippen LogP contribution < -0.4 is 5.32 Å². The van der Waals surface area contributed by atoms with Crippen molar-refractivity contribution < 1.29 is 9.59 Å². The van der Waals surface area contributed by atoms with E-state index in [1.165, 1.54) is 0 Å².